The first-order valence-electron chi connectivity index (χ1n) is 18.8. The van der Waals surface area contributed by atoms with Crippen LogP contribution < -0.4 is 4.74 Å². The smallest absolute Gasteiger partial charge is 0.411 e. The van der Waals surface area contributed by atoms with Crippen LogP contribution in [-0.2, 0) is 46.3 Å². The molecular weight excluding hydrogens is 712 g/mol. The molecule has 2 saturated heterocycles. The highest BCUT2D eigenvalue weighted by Gasteiger charge is 2.44. The lowest BCUT2D eigenvalue weighted by Gasteiger charge is -2.30. The van der Waals surface area contributed by atoms with E-state index in [9.17, 15) is 28.8 Å². The lowest BCUT2D eigenvalue weighted by atomic mass is 9.84. The standard InChI is InChI=1S/C41H50N2O12/c1-40(2,3)54-38(48)42-14-8-9-30(42)36(46)52-22-32(44)25-10-12-27-26(16-25)21-51-34-18-28-24(17-29(27)34)11-13-33(35(28)45)53-37(47)31-15-23(20-50-7)19-43(31)39(49)55-41(4,5)6/h10,12,16-18,23,30-31,33H,8-9,11,13-15,19-22H2,1-7H3. The average molecular weight is 763 g/mol. The summed E-state index contributed by atoms with van der Waals surface area (Å²) >= 11 is 0. The lowest BCUT2D eigenvalue weighted by Crippen LogP contribution is -2.46. The van der Waals surface area contributed by atoms with Crippen LogP contribution in [0.1, 0.15) is 99.1 Å². The summed E-state index contributed by atoms with van der Waals surface area (Å²) < 4.78 is 33.5. The molecule has 0 bridgehead atoms. The Labute approximate surface area is 320 Å². The summed E-state index contributed by atoms with van der Waals surface area (Å²) in [6.07, 6.45) is -0.123. The third-order valence-electron chi connectivity index (χ3n) is 9.99. The summed E-state index contributed by atoms with van der Waals surface area (Å²) in [6.45, 7) is 11.2. The molecule has 0 spiro atoms. The van der Waals surface area contributed by atoms with Crippen molar-refractivity contribution < 1.29 is 57.2 Å². The second kappa shape index (κ2) is 15.6. The van der Waals surface area contributed by atoms with Crippen molar-refractivity contribution >= 4 is 35.7 Å². The maximum Gasteiger partial charge on any atom is 0.411 e. The first kappa shape index (κ1) is 39.7. The molecule has 2 fully saturated rings. The molecule has 2 amide bonds. The summed E-state index contributed by atoms with van der Waals surface area (Å²) in [4.78, 5) is 81.6. The van der Waals surface area contributed by atoms with Crippen molar-refractivity contribution in [2.24, 2.45) is 5.92 Å². The number of carbonyl (C=O) groups is 6. The third kappa shape index (κ3) is 8.95. The van der Waals surface area contributed by atoms with Crippen molar-refractivity contribution in [1.82, 2.24) is 9.80 Å². The first-order valence-corrected chi connectivity index (χ1v) is 18.8. The van der Waals surface area contributed by atoms with E-state index in [4.69, 9.17) is 28.4 Å². The summed E-state index contributed by atoms with van der Waals surface area (Å²) in [7, 11) is 1.56. The second-order valence-corrected chi connectivity index (χ2v) is 16.6. The summed E-state index contributed by atoms with van der Waals surface area (Å²) in [6, 6.07) is 7.03. The minimum atomic E-state index is -1.02. The Kier molecular flexibility index (Phi) is 11.3. The van der Waals surface area contributed by atoms with Crippen LogP contribution in [0.2, 0.25) is 0 Å². The SMILES string of the molecule is COCC1CC(C(=O)OC2CCc3cc4c(cc3C2=O)OCc2cc(C(=O)COC(=O)C3CCCN3C(=O)OC(C)(C)C)ccc2-4)N(C(=O)OC(C)(C)C)C1. The van der Waals surface area contributed by atoms with Gasteiger partial charge in [0.1, 0.15) is 35.6 Å². The van der Waals surface area contributed by atoms with Crippen LogP contribution in [-0.4, -0.2) is 108 Å². The minimum Gasteiger partial charge on any atom is -0.488 e. The van der Waals surface area contributed by atoms with E-state index in [0.29, 0.717) is 55.7 Å². The average Bonchev–Trinajstić information content (AvgIpc) is 3.78. The normalized spacial score (nSPS) is 21.8. The van der Waals surface area contributed by atoms with Gasteiger partial charge >= 0.3 is 24.1 Å². The van der Waals surface area contributed by atoms with Gasteiger partial charge in [0, 0.05) is 42.8 Å². The number of rotatable bonds is 8. The van der Waals surface area contributed by atoms with Gasteiger partial charge in [-0.3, -0.25) is 19.4 Å². The number of hydrogen-bond donors (Lipinski definition) is 0. The van der Waals surface area contributed by atoms with Crippen LogP contribution in [0.3, 0.4) is 0 Å². The number of Topliss-reactive ketones (excluding diaryl/α,β-unsaturated/α-hetero) is 2. The van der Waals surface area contributed by atoms with Gasteiger partial charge in [0.15, 0.2) is 18.5 Å². The van der Waals surface area contributed by atoms with Crippen LogP contribution in [0.4, 0.5) is 9.59 Å². The molecule has 0 N–H and O–H groups in total. The molecule has 1 aliphatic carbocycles. The summed E-state index contributed by atoms with van der Waals surface area (Å²) in [5.41, 5.74) is 2.42. The number of ketones is 2. The molecule has 3 heterocycles. The molecule has 4 atom stereocenters. The molecule has 55 heavy (non-hydrogen) atoms. The van der Waals surface area contributed by atoms with Crippen LogP contribution in [0.15, 0.2) is 30.3 Å². The van der Waals surface area contributed by atoms with E-state index in [1.165, 1.54) is 9.80 Å². The maximum atomic E-state index is 13.7. The zero-order valence-electron chi connectivity index (χ0n) is 32.6. The number of carbonyl (C=O) groups excluding carboxylic acids is 6. The van der Waals surface area contributed by atoms with Gasteiger partial charge < -0.3 is 28.4 Å². The van der Waals surface area contributed by atoms with Gasteiger partial charge in [-0.25, -0.2) is 19.2 Å². The number of nitrogens with zero attached hydrogens (tertiary/aromatic N) is 2. The molecule has 2 aromatic carbocycles. The molecule has 0 radical (unpaired) electrons. The highest BCUT2D eigenvalue weighted by atomic mass is 16.6. The van der Waals surface area contributed by atoms with Crippen molar-refractivity contribution in [2.75, 3.05) is 33.4 Å². The van der Waals surface area contributed by atoms with Crippen molar-refractivity contribution in [3.63, 3.8) is 0 Å². The van der Waals surface area contributed by atoms with Gasteiger partial charge in [-0.15, -0.1) is 0 Å². The Bertz CT molecular complexity index is 1870. The number of esters is 2. The van der Waals surface area contributed by atoms with Crippen molar-refractivity contribution in [3.05, 3.63) is 52.6 Å². The second-order valence-electron chi connectivity index (χ2n) is 16.6. The Morgan fingerprint density at radius 2 is 1.53 bits per heavy atom. The molecule has 2 aromatic rings. The van der Waals surface area contributed by atoms with Gasteiger partial charge in [0.25, 0.3) is 0 Å². The topological polar surface area (TPSA) is 164 Å². The molecule has 0 saturated carbocycles. The quantitative estimate of drug-likeness (QED) is 0.184. The Hall–Kier alpha value is -4.98. The van der Waals surface area contributed by atoms with E-state index in [1.807, 2.05) is 12.1 Å². The number of hydrogen-bond acceptors (Lipinski definition) is 12. The Morgan fingerprint density at radius 1 is 0.818 bits per heavy atom. The highest BCUT2D eigenvalue weighted by molar-refractivity contribution is 6.04. The minimum absolute atomic E-state index is 0.0866. The van der Waals surface area contributed by atoms with E-state index in [1.54, 1.807) is 66.9 Å². The maximum absolute atomic E-state index is 13.7. The predicted octanol–water partition coefficient (Wildman–Crippen LogP) is 5.68. The van der Waals surface area contributed by atoms with E-state index in [-0.39, 0.29) is 31.3 Å². The zero-order chi connectivity index (χ0) is 39.8. The van der Waals surface area contributed by atoms with Gasteiger partial charge in [-0.2, -0.15) is 0 Å². The zero-order valence-corrected chi connectivity index (χ0v) is 32.6. The van der Waals surface area contributed by atoms with E-state index < -0.39 is 65.9 Å². The van der Waals surface area contributed by atoms with E-state index >= 15 is 0 Å². The number of aryl methyl sites for hydroxylation is 1. The fraction of sp³-hybridized carbons (Fsp3) is 0.561. The number of fused-ring (bicyclic) bond motifs is 4. The van der Waals surface area contributed by atoms with Crippen LogP contribution in [0, 0.1) is 5.92 Å². The monoisotopic (exact) mass is 762 g/mol. The van der Waals surface area contributed by atoms with E-state index in [0.717, 1.165) is 22.3 Å². The molecule has 6 rings (SSSR count). The molecule has 4 unspecified atom stereocenters. The third-order valence-corrected chi connectivity index (χ3v) is 9.99. The predicted molar refractivity (Wildman–Crippen MR) is 197 cm³/mol. The number of methoxy groups -OCH3 is 1. The van der Waals surface area contributed by atoms with Crippen molar-refractivity contribution in [1.29, 1.82) is 0 Å². The first-order chi connectivity index (χ1) is 25.9. The van der Waals surface area contributed by atoms with Gasteiger partial charge in [0.2, 0.25) is 5.78 Å². The highest BCUT2D eigenvalue weighted by Crippen LogP contribution is 2.42. The number of benzene rings is 2. The van der Waals surface area contributed by atoms with E-state index in [2.05, 4.69) is 0 Å². The lowest BCUT2D eigenvalue weighted by molar-refractivity contribution is -0.152. The van der Waals surface area contributed by atoms with Crippen LogP contribution in [0.5, 0.6) is 5.75 Å². The number of amides is 2. The summed E-state index contributed by atoms with van der Waals surface area (Å²) in [5.74, 6) is -1.65. The summed E-state index contributed by atoms with van der Waals surface area (Å²) in [5, 5.41) is 0. The molecule has 14 heteroatoms. The van der Waals surface area contributed by atoms with Crippen molar-refractivity contribution in [2.45, 2.75) is 110 Å². The molecular formula is C41H50N2O12. The fourth-order valence-corrected chi connectivity index (χ4v) is 7.51. The van der Waals surface area contributed by atoms with Crippen LogP contribution in [0.25, 0.3) is 11.1 Å². The van der Waals surface area contributed by atoms with Gasteiger partial charge in [-0.05, 0) is 109 Å². The molecule has 4 aliphatic rings. The van der Waals surface area contributed by atoms with Gasteiger partial charge in [0.05, 0.1) is 6.61 Å². The number of likely N-dealkylation sites (tertiary alicyclic amines) is 2. The van der Waals surface area contributed by atoms with Crippen LogP contribution >= 0.6 is 0 Å². The molecule has 296 valence electrons. The fourth-order valence-electron chi connectivity index (χ4n) is 7.51. The number of ether oxygens (including phenoxy) is 6. The van der Waals surface area contributed by atoms with Gasteiger partial charge in [-0.1, -0.05) is 12.1 Å². The molecule has 3 aliphatic heterocycles. The molecule has 14 nitrogen and oxygen atoms in total. The Balaban J connectivity index is 1.10. The largest absolute Gasteiger partial charge is 0.488 e. The van der Waals surface area contributed by atoms with Crippen molar-refractivity contribution in [3.8, 4) is 16.9 Å². The molecule has 0 aromatic heterocycles. The Morgan fingerprint density at radius 3 is 2.22 bits per heavy atom.